The summed E-state index contributed by atoms with van der Waals surface area (Å²) in [5.74, 6) is 0. The van der Waals surface area contributed by atoms with Crippen LogP contribution in [0.4, 0.5) is 0 Å². The Bertz CT molecular complexity index is 305. The first kappa shape index (κ1) is 7.47. The Hall–Kier alpha value is -0.640. The molecule has 4 heteroatoms. The van der Waals surface area contributed by atoms with Crippen LogP contribution in [0.2, 0.25) is 0 Å². The lowest BCUT2D eigenvalue weighted by Crippen LogP contribution is -2.13. The second kappa shape index (κ2) is 2.54. The highest BCUT2D eigenvalue weighted by Crippen LogP contribution is 2.10. The molecule has 1 aromatic heterocycles. The molecule has 0 atom stereocenters. The Labute approximate surface area is 66.6 Å². The van der Waals surface area contributed by atoms with E-state index < -0.39 is 0 Å². The lowest BCUT2D eigenvalue weighted by molar-refractivity contribution is 0.928. The Morgan fingerprint density at radius 2 is 2.00 bits per heavy atom. The van der Waals surface area contributed by atoms with Crippen LogP contribution in [0, 0.1) is 13.8 Å². The van der Waals surface area contributed by atoms with Crippen molar-refractivity contribution in [2.45, 2.75) is 13.8 Å². The second-order valence-electron chi connectivity index (χ2n) is 2.09. The van der Waals surface area contributed by atoms with Gasteiger partial charge in [-0.05, 0) is 35.3 Å². The average Bonchev–Trinajstić information content (AvgIpc) is 1.93. The van der Waals surface area contributed by atoms with Gasteiger partial charge in [-0.3, -0.25) is 4.79 Å². The number of aromatic amines is 1. The fraction of sp³-hybridized carbons (Fsp3) is 0.333. The lowest BCUT2D eigenvalue weighted by atomic mass is 10.2. The summed E-state index contributed by atoms with van der Waals surface area (Å²) in [6, 6.07) is 0. The van der Waals surface area contributed by atoms with Gasteiger partial charge in [-0.25, -0.2) is 5.10 Å². The third-order valence-electron chi connectivity index (χ3n) is 1.47. The van der Waals surface area contributed by atoms with Crippen LogP contribution < -0.4 is 5.56 Å². The van der Waals surface area contributed by atoms with E-state index in [0.717, 1.165) is 5.56 Å². The monoisotopic (exact) mass is 202 g/mol. The fourth-order valence-corrected chi connectivity index (χ4v) is 0.979. The number of nitrogens with zero attached hydrogens (tertiary/aromatic N) is 1. The van der Waals surface area contributed by atoms with Gasteiger partial charge >= 0.3 is 0 Å². The summed E-state index contributed by atoms with van der Waals surface area (Å²) >= 11 is 3.20. The van der Waals surface area contributed by atoms with Gasteiger partial charge in [0.05, 0.1) is 0 Å². The summed E-state index contributed by atoms with van der Waals surface area (Å²) in [4.78, 5) is 10.9. The second-order valence-corrected chi connectivity index (χ2v) is 2.84. The molecule has 3 nitrogen and oxygen atoms in total. The molecule has 0 saturated heterocycles. The predicted molar refractivity (Wildman–Crippen MR) is 42.0 cm³/mol. The Morgan fingerprint density at radius 3 is 2.50 bits per heavy atom. The lowest BCUT2D eigenvalue weighted by Gasteiger charge is -1.97. The normalized spacial score (nSPS) is 9.90. The number of rotatable bonds is 0. The van der Waals surface area contributed by atoms with Gasteiger partial charge in [-0.2, -0.15) is 5.10 Å². The highest BCUT2D eigenvalue weighted by Gasteiger charge is 2.01. The zero-order valence-electron chi connectivity index (χ0n) is 5.73. The minimum absolute atomic E-state index is 0.124. The Kier molecular flexibility index (Phi) is 1.89. The molecule has 0 fully saturated rings. The van der Waals surface area contributed by atoms with E-state index in [0.29, 0.717) is 10.2 Å². The van der Waals surface area contributed by atoms with Crippen LogP contribution in [-0.4, -0.2) is 10.2 Å². The van der Waals surface area contributed by atoms with Crippen LogP contribution in [0.25, 0.3) is 0 Å². The standard InChI is InChI=1S/C6H7BrN2O/c1-3-4(2)6(10)9-8-5(3)7/h1-2H3,(H,9,10). The van der Waals surface area contributed by atoms with E-state index >= 15 is 0 Å². The fourth-order valence-electron chi connectivity index (χ4n) is 0.593. The van der Waals surface area contributed by atoms with Crippen molar-refractivity contribution in [1.29, 1.82) is 0 Å². The molecule has 10 heavy (non-hydrogen) atoms. The molecule has 1 N–H and O–H groups in total. The number of H-pyrrole nitrogens is 1. The van der Waals surface area contributed by atoms with E-state index in [1.807, 2.05) is 6.92 Å². The molecule has 0 amide bonds. The molecule has 0 bridgehead atoms. The van der Waals surface area contributed by atoms with Crippen molar-refractivity contribution < 1.29 is 0 Å². The molecule has 0 aliphatic carbocycles. The zero-order valence-corrected chi connectivity index (χ0v) is 7.32. The summed E-state index contributed by atoms with van der Waals surface area (Å²) in [5, 5.41) is 6.07. The van der Waals surface area contributed by atoms with E-state index in [2.05, 4.69) is 26.1 Å². The minimum Gasteiger partial charge on any atom is -0.268 e. The quantitative estimate of drug-likeness (QED) is 0.687. The molecule has 1 aromatic rings. The van der Waals surface area contributed by atoms with Crippen molar-refractivity contribution in [3.8, 4) is 0 Å². The SMILES string of the molecule is Cc1c(Br)n[nH]c(=O)c1C. The van der Waals surface area contributed by atoms with Gasteiger partial charge in [0.2, 0.25) is 0 Å². The maximum absolute atomic E-state index is 10.9. The summed E-state index contributed by atoms with van der Waals surface area (Å²) in [5.41, 5.74) is 1.48. The number of nitrogens with one attached hydrogen (secondary N) is 1. The first-order valence-electron chi connectivity index (χ1n) is 2.84. The maximum atomic E-state index is 10.9. The van der Waals surface area contributed by atoms with E-state index in [-0.39, 0.29) is 5.56 Å². The molecule has 54 valence electrons. The topological polar surface area (TPSA) is 45.8 Å². The van der Waals surface area contributed by atoms with Crippen LogP contribution in [0.5, 0.6) is 0 Å². The van der Waals surface area contributed by atoms with Gasteiger partial charge in [0.1, 0.15) is 4.60 Å². The van der Waals surface area contributed by atoms with Crippen LogP contribution in [-0.2, 0) is 0 Å². The molecule has 1 rings (SSSR count). The molecular weight excluding hydrogens is 196 g/mol. The minimum atomic E-state index is -0.124. The van der Waals surface area contributed by atoms with Gasteiger partial charge in [-0.15, -0.1) is 0 Å². The molecule has 0 aromatic carbocycles. The summed E-state index contributed by atoms with van der Waals surface area (Å²) < 4.78 is 0.699. The van der Waals surface area contributed by atoms with Crippen molar-refractivity contribution in [2.75, 3.05) is 0 Å². The largest absolute Gasteiger partial charge is 0.268 e. The first-order chi connectivity index (χ1) is 4.63. The average molecular weight is 203 g/mol. The van der Waals surface area contributed by atoms with Gasteiger partial charge in [0, 0.05) is 5.56 Å². The van der Waals surface area contributed by atoms with Crippen molar-refractivity contribution in [3.05, 3.63) is 26.1 Å². The molecule has 1 heterocycles. The molecule has 0 aliphatic rings. The van der Waals surface area contributed by atoms with Crippen LogP contribution in [0.3, 0.4) is 0 Å². The smallest absolute Gasteiger partial charge is 0.267 e. The van der Waals surface area contributed by atoms with Crippen molar-refractivity contribution in [2.24, 2.45) is 0 Å². The Morgan fingerprint density at radius 1 is 1.40 bits per heavy atom. The van der Waals surface area contributed by atoms with E-state index in [4.69, 9.17) is 0 Å². The zero-order chi connectivity index (χ0) is 7.72. The molecular formula is C6H7BrN2O. The van der Waals surface area contributed by atoms with Gasteiger partial charge in [0.25, 0.3) is 5.56 Å². The maximum Gasteiger partial charge on any atom is 0.267 e. The summed E-state index contributed by atoms with van der Waals surface area (Å²) in [7, 11) is 0. The number of hydrogen-bond donors (Lipinski definition) is 1. The molecule has 0 spiro atoms. The van der Waals surface area contributed by atoms with Crippen molar-refractivity contribution >= 4 is 15.9 Å². The Balaban J connectivity index is 3.49. The van der Waals surface area contributed by atoms with Crippen molar-refractivity contribution in [3.63, 3.8) is 0 Å². The molecule has 0 unspecified atom stereocenters. The molecule has 0 radical (unpaired) electrons. The highest BCUT2D eigenvalue weighted by molar-refractivity contribution is 9.10. The third-order valence-corrected chi connectivity index (χ3v) is 2.24. The first-order valence-corrected chi connectivity index (χ1v) is 3.63. The van der Waals surface area contributed by atoms with E-state index in [9.17, 15) is 4.79 Å². The number of hydrogen-bond acceptors (Lipinski definition) is 2. The van der Waals surface area contributed by atoms with E-state index in [1.165, 1.54) is 0 Å². The van der Waals surface area contributed by atoms with Crippen LogP contribution >= 0.6 is 15.9 Å². The highest BCUT2D eigenvalue weighted by atomic mass is 79.9. The number of halogens is 1. The van der Waals surface area contributed by atoms with Gasteiger partial charge in [0.15, 0.2) is 0 Å². The van der Waals surface area contributed by atoms with Crippen molar-refractivity contribution in [1.82, 2.24) is 10.2 Å². The predicted octanol–water partition coefficient (Wildman–Crippen LogP) is 1.15. The molecule has 0 saturated carbocycles. The third kappa shape index (κ3) is 1.11. The summed E-state index contributed by atoms with van der Waals surface area (Å²) in [6.07, 6.45) is 0. The summed E-state index contributed by atoms with van der Waals surface area (Å²) in [6.45, 7) is 3.61. The van der Waals surface area contributed by atoms with Gasteiger partial charge in [-0.1, -0.05) is 0 Å². The van der Waals surface area contributed by atoms with E-state index in [1.54, 1.807) is 6.92 Å². The van der Waals surface area contributed by atoms with Crippen LogP contribution in [0.1, 0.15) is 11.1 Å². The molecule has 0 aliphatic heterocycles. The van der Waals surface area contributed by atoms with Gasteiger partial charge < -0.3 is 0 Å². The number of aromatic nitrogens is 2. The van der Waals surface area contributed by atoms with Crippen LogP contribution in [0.15, 0.2) is 9.40 Å².